The Bertz CT molecular complexity index is 174. The molecule has 0 aliphatic rings. The average molecular weight is 169 g/mol. The standard InChI is InChI=1S/C3H8NO5P/c4-2(1-3(5)6)10(7,8)9/h2H,1,4H2,(H,5,6)(H2,7,8,9). The second-order valence-electron chi connectivity index (χ2n) is 1.75. The maximum absolute atomic E-state index is 10.2. The predicted octanol–water partition coefficient (Wildman–Crippen LogP) is -1.08. The predicted molar refractivity (Wildman–Crippen MR) is 32.3 cm³/mol. The lowest BCUT2D eigenvalue weighted by molar-refractivity contribution is -0.137. The highest BCUT2D eigenvalue weighted by Gasteiger charge is 2.26. The van der Waals surface area contributed by atoms with Crippen molar-refractivity contribution in [2.45, 2.75) is 12.2 Å². The van der Waals surface area contributed by atoms with Gasteiger partial charge >= 0.3 is 13.6 Å². The summed E-state index contributed by atoms with van der Waals surface area (Å²) < 4.78 is 10.2. The van der Waals surface area contributed by atoms with E-state index in [9.17, 15) is 9.36 Å². The summed E-state index contributed by atoms with van der Waals surface area (Å²) in [5.74, 6) is -2.92. The van der Waals surface area contributed by atoms with Crippen molar-refractivity contribution in [2.75, 3.05) is 0 Å². The Labute approximate surface area is 56.8 Å². The van der Waals surface area contributed by atoms with Gasteiger partial charge in [-0.05, 0) is 0 Å². The zero-order chi connectivity index (χ0) is 8.36. The molecule has 10 heavy (non-hydrogen) atoms. The molecule has 0 bridgehead atoms. The van der Waals surface area contributed by atoms with E-state index in [4.69, 9.17) is 20.6 Å². The third kappa shape index (κ3) is 3.58. The summed E-state index contributed by atoms with van der Waals surface area (Å²) in [6.07, 6.45) is -0.718. The van der Waals surface area contributed by atoms with Crippen LogP contribution in [0.25, 0.3) is 0 Å². The van der Waals surface area contributed by atoms with Crippen LogP contribution in [0, 0.1) is 0 Å². The van der Waals surface area contributed by atoms with Crippen LogP contribution in [0.4, 0.5) is 0 Å². The molecule has 0 aromatic heterocycles. The van der Waals surface area contributed by atoms with E-state index < -0.39 is 25.8 Å². The van der Waals surface area contributed by atoms with Gasteiger partial charge in [0.2, 0.25) is 0 Å². The van der Waals surface area contributed by atoms with E-state index in [1.54, 1.807) is 0 Å². The first-order valence-corrected chi connectivity index (χ1v) is 4.05. The van der Waals surface area contributed by atoms with Crippen molar-refractivity contribution in [1.29, 1.82) is 0 Å². The minimum Gasteiger partial charge on any atom is -0.481 e. The molecule has 0 aliphatic heterocycles. The monoisotopic (exact) mass is 169 g/mol. The molecule has 0 amide bonds. The molecule has 6 nitrogen and oxygen atoms in total. The molecule has 60 valence electrons. The van der Waals surface area contributed by atoms with Crippen LogP contribution in [0.15, 0.2) is 0 Å². The van der Waals surface area contributed by atoms with Crippen molar-refractivity contribution in [1.82, 2.24) is 0 Å². The summed E-state index contributed by atoms with van der Waals surface area (Å²) >= 11 is 0. The van der Waals surface area contributed by atoms with Crippen LogP contribution in [0.3, 0.4) is 0 Å². The maximum Gasteiger partial charge on any atom is 0.342 e. The molecule has 1 atom stereocenters. The van der Waals surface area contributed by atoms with Crippen molar-refractivity contribution in [3.8, 4) is 0 Å². The number of hydrogen-bond acceptors (Lipinski definition) is 3. The Morgan fingerprint density at radius 1 is 1.60 bits per heavy atom. The lowest BCUT2D eigenvalue weighted by atomic mass is 10.4. The lowest BCUT2D eigenvalue weighted by Crippen LogP contribution is -2.23. The van der Waals surface area contributed by atoms with Gasteiger partial charge in [-0.25, -0.2) is 0 Å². The zero-order valence-corrected chi connectivity index (χ0v) is 5.86. The second-order valence-corrected chi connectivity index (χ2v) is 3.60. The van der Waals surface area contributed by atoms with Gasteiger partial charge in [0.05, 0.1) is 6.42 Å². The molecule has 0 radical (unpaired) electrons. The molecule has 0 saturated carbocycles. The molecule has 7 heteroatoms. The smallest absolute Gasteiger partial charge is 0.342 e. The van der Waals surface area contributed by atoms with Crippen LogP contribution in [-0.2, 0) is 9.36 Å². The van der Waals surface area contributed by atoms with Gasteiger partial charge in [-0.1, -0.05) is 0 Å². The third-order valence-corrected chi connectivity index (χ3v) is 1.86. The minimum atomic E-state index is -4.41. The number of rotatable bonds is 3. The Balaban J connectivity index is 3.98. The molecule has 0 aliphatic carbocycles. The molecular weight excluding hydrogens is 161 g/mol. The Hall–Kier alpha value is -0.420. The van der Waals surface area contributed by atoms with Gasteiger partial charge in [-0.2, -0.15) is 0 Å². The van der Waals surface area contributed by atoms with Gasteiger partial charge in [0.25, 0.3) is 0 Å². The summed E-state index contributed by atoms with van der Waals surface area (Å²) in [4.78, 5) is 26.3. The molecule has 0 heterocycles. The molecule has 1 unspecified atom stereocenters. The molecule has 0 saturated heterocycles. The molecule has 0 aromatic carbocycles. The second kappa shape index (κ2) is 3.12. The normalized spacial score (nSPS) is 14.7. The summed E-state index contributed by atoms with van der Waals surface area (Å²) in [6.45, 7) is 0. The highest BCUT2D eigenvalue weighted by Crippen LogP contribution is 2.39. The summed E-state index contributed by atoms with van der Waals surface area (Å²) in [5, 5.41) is 8.02. The summed E-state index contributed by atoms with van der Waals surface area (Å²) in [5.41, 5.74) is 4.81. The fourth-order valence-electron chi connectivity index (χ4n) is 0.298. The molecule has 0 spiro atoms. The van der Waals surface area contributed by atoms with Gasteiger partial charge < -0.3 is 20.6 Å². The van der Waals surface area contributed by atoms with Crippen molar-refractivity contribution in [3.63, 3.8) is 0 Å². The van der Waals surface area contributed by atoms with Gasteiger partial charge in [0.1, 0.15) is 5.78 Å². The first-order chi connectivity index (χ1) is 4.34. The zero-order valence-electron chi connectivity index (χ0n) is 4.97. The van der Waals surface area contributed by atoms with Crippen molar-refractivity contribution < 1.29 is 24.3 Å². The van der Waals surface area contributed by atoms with E-state index in [-0.39, 0.29) is 0 Å². The van der Waals surface area contributed by atoms with Gasteiger partial charge in [-0.3, -0.25) is 9.36 Å². The fourth-order valence-corrected chi connectivity index (χ4v) is 0.692. The first kappa shape index (κ1) is 9.58. The van der Waals surface area contributed by atoms with E-state index in [2.05, 4.69) is 0 Å². The average Bonchev–Trinajstić information content (AvgIpc) is 1.60. The van der Waals surface area contributed by atoms with Crippen LogP contribution in [-0.4, -0.2) is 26.6 Å². The van der Waals surface area contributed by atoms with Crippen molar-refractivity contribution in [3.05, 3.63) is 0 Å². The molecule has 0 aromatic rings. The van der Waals surface area contributed by atoms with Crippen LogP contribution in [0.1, 0.15) is 6.42 Å². The van der Waals surface area contributed by atoms with Crippen LogP contribution < -0.4 is 5.73 Å². The maximum atomic E-state index is 10.2. The molecule has 0 fully saturated rings. The third-order valence-electron chi connectivity index (χ3n) is 0.816. The van der Waals surface area contributed by atoms with Crippen LogP contribution in [0.5, 0.6) is 0 Å². The topological polar surface area (TPSA) is 121 Å². The Kier molecular flexibility index (Phi) is 2.98. The highest BCUT2D eigenvalue weighted by molar-refractivity contribution is 7.52. The van der Waals surface area contributed by atoms with Gasteiger partial charge in [0, 0.05) is 0 Å². The Morgan fingerprint density at radius 2 is 2.00 bits per heavy atom. The van der Waals surface area contributed by atoms with Crippen molar-refractivity contribution >= 4 is 13.6 Å². The quantitative estimate of drug-likeness (QED) is 0.399. The largest absolute Gasteiger partial charge is 0.481 e. The van der Waals surface area contributed by atoms with Gasteiger partial charge in [-0.15, -0.1) is 0 Å². The first-order valence-electron chi connectivity index (χ1n) is 2.36. The number of carbonyl (C=O) groups is 1. The van der Waals surface area contributed by atoms with E-state index in [0.29, 0.717) is 0 Å². The molecule has 0 rings (SSSR count). The fraction of sp³-hybridized carbons (Fsp3) is 0.667. The SMILES string of the molecule is NC(CC(=O)O)P(=O)(O)O. The molecule has 5 N–H and O–H groups in total. The van der Waals surface area contributed by atoms with Gasteiger partial charge in [0.15, 0.2) is 0 Å². The lowest BCUT2D eigenvalue weighted by Gasteiger charge is -2.09. The number of carboxylic acid groups (broad SMARTS) is 1. The number of hydrogen-bond donors (Lipinski definition) is 4. The van der Waals surface area contributed by atoms with Crippen LogP contribution in [0.2, 0.25) is 0 Å². The number of aliphatic carboxylic acids is 1. The van der Waals surface area contributed by atoms with Crippen LogP contribution >= 0.6 is 7.60 Å². The summed E-state index contributed by atoms with van der Waals surface area (Å²) in [7, 11) is -4.41. The number of nitrogens with two attached hydrogens (primary N) is 1. The van der Waals surface area contributed by atoms with E-state index in [0.717, 1.165) is 0 Å². The van der Waals surface area contributed by atoms with E-state index in [1.165, 1.54) is 0 Å². The van der Waals surface area contributed by atoms with E-state index >= 15 is 0 Å². The summed E-state index contributed by atoms with van der Waals surface area (Å²) in [6, 6.07) is 0. The Morgan fingerprint density at radius 3 is 2.10 bits per heavy atom. The van der Waals surface area contributed by atoms with E-state index in [1.807, 2.05) is 0 Å². The highest BCUT2D eigenvalue weighted by atomic mass is 31.2. The minimum absolute atomic E-state index is 0.718. The van der Waals surface area contributed by atoms with Crippen molar-refractivity contribution in [2.24, 2.45) is 5.73 Å². The number of carboxylic acids is 1. The molecular formula is C3H8NO5P.